The monoisotopic (exact) mass is 250 g/mol. The fourth-order valence-electron chi connectivity index (χ4n) is 2.52. The Morgan fingerprint density at radius 3 is 2.65 bits per heavy atom. The summed E-state index contributed by atoms with van der Waals surface area (Å²) in [7, 11) is 0. The number of hydrogen-bond acceptors (Lipinski definition) is 3. The predicted molar refractivity (Wildman–Crippen MR) is 59.3 cm³/mol. The highest BCUT2D eigenvalue weighted by molar-refractivity contribution is 5.79. The molecule has 1 amide bonds. The van der Waals surface area contributed by atoms with Gasteiger partial charge in [-0.25, -0.2) is 8.78 Å². The van der Waals surface area contributed by atoms with E-state index in [2.05, 4.69) is 0 Å². The number of primary amides is 1. The summed E-state index contributed by atoms with van der Waals surface area (Å²) in [5.41, 5.74) is 5.22. The predicted octanol–water partition coefficient (Wildman–Crippen LogP) is 0.936. The maximum atomic E-state index is 12.9. The van der Waals surface area contributed by atoms with Crippen LogP contribution in [-0.2, 0) is 4.79 Å². The number of carbonyl (C=O) groups excluding carboxylic acids is 1. The van der Waals surface area contributed by atoms with E-state index in [9.17, 15) is 18.7 Å². The molecule has 3 atom stereocenters. The van der Waals surface area contributed by atoms with Crippen LogP contribution in [0.4, 0.5) is 8.78 Å². The van der Waals surface area contributed by atoms with Gasteiger partial charge in [-0.15, -0.1) is 0 Å². The van der Waals surface area contributed by atoms with Gasteiger partial charge in [-0.2, -0.15) is 0 Å². The van der Waals surface area contributed by atoms with E-state index in [1.807, 2.05) is 0 Å². The molecule has 1 rings (SSSR count). The van der Waals surface area contributed by atoms with E-state index < -0.39 is 24.1 Å². The molecule has 1 heterocycles. The standard InChI is InChI=1S/C11H20F2N2O2/c1-3-8(10(14)17)15-6-7(4-9(15)16)5-11(2,12)13/h7-9,16H,3-6H2,1-2H3,(H2,14,17)/t7-,8?,9?/m0/s1. The number of rotatable bonds is 5. The Hall–Kier alpha value is -0.750. The molecule has 100 valence electrons. The molecule has 0 bridgehead atoms. The summed E-state index contributed by atoms with van der Waals surface area (Å²) in [4.78, 5) is 12.7. The number of aliphatic hydroxyl groups is 1. The Morgan fingerprint density at radius 2 is 2.24 bits per heavy atom. The van der Waals surface area contributed by atoms with Crippen LogP contribution >= 0.6 is 0 Å². The summed E-state index contributed by atoms with van der Waals surface area (Å²) in [5.74, 6) is -3.55. The van der Waals surface area contributed by atoms with Crippen LogP contribution in [-0.4, -0.2) is 40.7 Å². The Morgan fingerprint density at radius 1 is 1.65 bits per heavy atom. The van der Waals surface area contributed by atoms with E-state index >= 15 is 0 Å². The molecule has 4 nitrogen and oxygen atoms in total. The van der Waals surface area contributed by atoms with Crippen LogP contribution in [0.5, 0.6) is 0 Å². The first-order valence-corrected chi connectivity index (χ1v) is 5.85. The number of hydrogen-bond donors (Lipinski definition) is 2. The maximum absolute atomic E-state index is 12.9. The summed E-state index contributed by atoms with van der Waals surface area (Å²) in [6.07, 6.45) is -0.371. The van der Waals surface area contributed by atoms with Crippen LogP contribution in [0.15, 0.2) is 0 Å². The normalized spacial score (nSPS) is 28.3. The smallest absolute Gasteiger partial charge is 0.245 e. The molecule has 2 unspecified atom stereocenters. The summed E-state index contributed by atoms with van der Waals surface area (Å²) in [6, 6.07) is -0.569. The van der Waals surface area contributed by atoms with E-state index in [-0.39, 0.29) is 18.8 Å². The molecule has 0 spiro atoms. The molecule has 1 aliphatic rings. The lowest BCUT2D eigenvalue weighted by atomic mass is 10.0. The maximum Gasteiger partial charge on any atom is 0.245 e. The van der Waals surface area contributed by atoms with Gasteiger partial charge < -0.3 is 10.8 Å². The zero-order valence-electron chi connectivity index (χ0n) is 10.2. The number of likely N-dealkylation sites (tertiary alicyclic amines) is 1. The molecule has 1 aliphatic heterocycles. The Bertz CT molecular complexity index is 281. The van der Waals surface area contributed by atoms with Crippen molar-refractivity contribution in [2.45, 2.75) is 51.3 Å². The molecule has 1 fully saturated rings. The molecule has 0 saturated carbocycles. The van der Waals surface area contributed by atoms with Gasteiger partial charge in [0, 0.05) is 13.0 Å². The quantitative estimate of drug-likeness (QED) is 0.763. The number of nitrogens with two attached hydrogens (primary N) is 1. The van der Waals surface area contributed by atoms with Crippen LogP contribution in [0, 0.1) is 5.92 Å². The summed E-state index contributed by atoms with van der Waals surface area (Å²) in [6.45, 7) is 2.95. The summed E-state index contributed by atoms with van der Waals surface area (Å²) >= 11 is 0. The van der Waals surface area contributed by atoms with Gasteiger partial charge in [0.05, 0.1) is 6.04 Å². The van der Waals surface area contributed by atoms with Crippen molar-refractivity contribution in [1.29, 1.82) is 0 Å². The first-order chi connectivity index (χ1) is 7.74. The molecule has 6 heteroatoms. The topological polar surface area (TPSA) is 66.6 Å². The third kappa shape index (κ3) is 3.89. The van der Waals surface area contributed by atoms with E-state index in [0.29, 0.717) is 13.0 Å². The van der Waals surface area contributed by atoms with Gasteiger partial charge in [0.25, 0.3) is 0 Å². The fourth-order valence-corrected chi connectivity index (χ4v) is 2.52. The Labute approximate surface area is 99.8 Å². The van der Waals surface area contributed by atoms with Crippen molar-refractivity contribution < 1.29 is 18.7 Å². The van der Waals surface area contributed by atoms with E-state index in [1.54, 1.807) is 6.92 Å². The van der Waals surface area contributed by atoms with Crippen molar-refractivity contribution >= 4 is 5.91 Å². The molecular formula is C11H20F2N2O2. The zero-order chi connectivity index (χ0) is 13.2. The second-order valence-corrected chi connectivity index (χ2v) is 4.88. The lowest BCUT2D eigenvalue weighted by molar-refractivity contribution is -0.126. The summed E-state index contributed by atoms with van der Waals surface area (Å²) in [5, 5.41) is 9.78. The second-order valence-electron chi connectivity index (χ2n) is 4.88. The van der Waals surface area contributed by atoms with Gasteiger partial charge in [0.1, 0.15) is 6.23 Å². The number of amides is 1. The minimum atomic E-state index is -2.74. The molecule has 1 saturated heterocycles. The molecule has 0 aromatic rings. The molecule has 3 N–H and O–H groups in total. The lowest BCUT2D eigenvalue weighted by Gasteiger charge is -2.27. The SMILES string of the molecule is CCC(C(N)=O)N1C[C@H](CC(C)(F)F)CC1O. The van der Waals surface area contributed by atoms with Crippen LogP contribution < -0.4 is 5.73 Å². The van der Waals surface area contributed by atoms with Gasteiger partial charge in [-0.3, -0.25) is 9.69 Å². The average molecular weight is 250 g/mol. The van der Waals surface area contributed by atoms with Gasteiger partial charge >= 0.3 is 0 Å². The first kappa shape index (κ1) is 14.3. The van der Waals surface area contributed by atoms with Crippen LogP contribution in [0.1, 0.15) is 33.1 Å². The highest BCUT2D eigenvalue weighted by atomic mass is 19.3. The van der Waals surface area contributed by atoms with Crippen molar-refractivity contribution in [3.8, 4) is 0 Å². The van der Waals surface area contributed by atoms with Crippen molar-refractivity contribution in [2.75, 3.05) is 6.54 Å². The molecular weight excluding hydrogens is 230 g/mol. The number of nitrogens with zero attached hydrogens (tertiary/aromatic N) is 1. The number of halogens is 2. The lowest BCUT2D eigenvalue weighted by Crippen LogP contribution is -2.46. The third-order valence-electron chi connectivity index (χ3n) is 3.16. The number of carbonyl (C=O) groups is 1. The summed E-state index contributed by atoms with van der Waals surface area (Å²) < 4.78 is 25.8. The zero-order valence-corrected chi connectivity index (χ0v) is 10.2. The van der Waals surface area contributed by atoms with Crippen LogP contribution in [0.2, 0.25) is 0 Å². The van der Waals surface area contributed by atoms with E-state index in [4.69, 9.17) is 5.73 Å². The highest BCUT2D eigenvalue weighted by Crippen LogP contribution is 2.32. The van der Waals surface area contributed by atoms with E-state index in [1.165, 1.54) is 4.90 Å². The number of alkyl halides is 2. The molecule has 0 aliphatic carbocycles. The van der Waals surface area contributed by atoms with Crippen molar-refractivity contribution in [3.63, 3.8) is 0 Å². The van der Waals surface area contributed by atoms with E-state index in [0.717, 1.165) is 6.92 Å². The van der Waals surface area contributed by atoms with Gasteiger partial charge in [-0.1, -0.05) is 6.92 Å². The van der Waals surface area contributed by atoms with Crippen LogP contribution in [0.3, 0.4) is 0 Å². The highest BCUT2D eigenvalue weighted by Gasteiger charge is 2.39. The third-order valence-corrected chi connectivity index (χ3v) is 3.16. The molecule has 0 radical (unpaired) electrons. The van der Waals surface area contributed by atoms with Crippen molar-refractivity contribution in [1.82, 2.24) is 4.90 Å². The average Bonchev–Trinajstić information content (AvgIpc) is 2.44. The van der Waals surface area contributed by atoms with Crippen molar-refractivity contribution in [2.24, 2.45) is 11.7 Å². The van der Waals surface area contributed by atoms with Crippen molar-refractivity contribution in [3.05, 3.63) is 0 Å². The molecule has 17 heavy (non-hydrogen) atoms. The fraction of sp³-hybridized carbons (Fsp3) is 0.909. The molecule has 0 aromatic heterocycles. The van der Waals surface area contributed by atoms with Gasteiger partial charge in [0.2, 0.25) is 11.8 Å². The van der Waals surface area contributed by atoms with Gasteiger partial charge in [0.15, 0.2) is 0 Å². The van der Waals surface area contributed by atoms with Crippen LogP contribution in [0.25, 0.3) is 0 Å². The molecule has 0 aromatic carbocycles. The second kappa shape index (κ2) is 5.27. The minimum Gasteiger partial charge on any atom is -0.378 e. The Kier molecular flexibility index (Phi) is 4.43. The first-order valence-electron chi connectivity index (χ1n) is 5.85. The largest absolute Gasteiger partial charge is 0.378 e. The van der Waals surface area contributed by atoms with Gasteiger partial charge in [-0.05, 0) is 25.7 Å². The Balaban J connectivity index is 2.63. The number of aliphatic hydroxyl groups excluding tert-OH is 1. The minimum absolute atomic E-state index is 0.268.